The Bertz CT molecular complexity index is 1890. The number of nitrogens with one attached hydrogen (secondary N) is 1. The molecule has 0 spiro atoms. The molecule has 3 saturated heterocycles. The van der Waals surface area contributed by atoms with Crippen LogP contribution in [0.2, 0.25) is 0 Å². The van der Waals surface area contributed by atoms with E-state index in [1.807, 2.05) is 46.2 Å². The van der Waals surface area contributed by atoms with E-state index in [1.165, 1.54) is 17.8 Å². The van der Waals surface area contributed by atoms with Gasteiger partial charge in [0.05, 0.1) is 16.5 Å². The van der Waals surface area contributed by atoms with Crippen LogP contribution in [0, 0.1) is 5.82 Å². The summed E-state index contributed by atoms with van der Waals surface area (Å²) in [6.45, 7) is 11.1. The number of carbonyl (C=O) groups is 2. The van der Waals surface area contributed by atoms with Crippen LogP contribution in [0.1, 0.15) is 62.6 Å². The number of amides is 2. The van der Waals surface area contributed by atoms with Crippen LogP contribution in [0.5, 0.6) is 0 Å². The average Bonchev–Trinajstić information content (AvgIpc) is 3.62. The molecule has 0 saturated carbocycles. The van der Waals surface area contributed by atoms with Crippen molar-refractivity contribution in [1.29, 1.82) is 0 Å². The summed E-state index contributed by atoms with van der Waals surface area (Å²) in [6, 6.07) is 18.9. The first-order chi connectivity index (χ1) is 24.1. The number of para-hydroxylation sites is 1. The molecule has 3 aliphatic heterocycles. The molecule has 50 heavy (non-hydrogen) atoms. The molecule has 2 aromatic carbocycles. The number of H-pyrrole nitrogens is 1. The second-order valence-electron chi connectivity index (χ2n) is 14.6. The second-order valence-corrected chi connectivity index (χ2v) is 15.8. The number of aromatic nitrogens is 3. The van der Waals surface area contributed by atoms with Gasteiger partial charge in [-0.05, 0) is 63.8 Å². The number of fused-ring (bicyclic) bond motifs is 1. The maximum atomic E-state index is 15.8. The quantitative estimate of drug-likeness (QED) is 0.269. The molecule has 1 N–H and O–H groups in total. The van der Waals surface area contributed by atoms with Gasteiger partial charge in [0.1, 0.15) is 11.2 Å². The predicted octanol–water partition coefficient (Wildman–Crippen LogP) is 5.22. The summed E-state index contributed by atoms with van der Waals surface area (Å²) in [5.41, 5.74) is 3.65. The number of carbonyl (C=O) groups excluding carboxylic acids is 2. The summed E-state index contributed by atoms with van der Waals surface area (Å²) in [5, 5.41) is -0.986. The molecule has 2 aromatic heterocycles. The Morgan fingerprint density at radius 2 is 1.68 bits per heavy atom. The fourth-order valence-electron chi connectivity index (χ4n) is 7.73. The highest BCUT2D eigenvalue weighted by atomic mass is 32.2. The van der Waals surface area contributed by atoms with Gasteiger partial charge in [-0.2, -0.15) is 0 Å². The van der Waals surface area contributed by atoms with Gasteiger partial charge in [-0.15, -0.1) is 11.8 Å². The smallest absolute Gasteiger partial charge is 0.327 e. The van der Waals surface area contributed by atoms with Crippen LogP contribution in [-0.2, 0) is 16.0 Å². The van der Waals surface area contributed by atoms with E-state index in [9.17, 15) is 14.4 Å². The maximum absolute atomic E-state index is 15.8. The molecule has 7 rings (SSSR count). The molecule has 0 bridgehead atoms. The first kappa shape index (κ1) is 34.3. The van der Waals surface area contributed by atoms with Crippen molar-refractivity contribution in [1.82, 2.24) is 29.2 Å². The molecule has 12 heteroatoms. The summed E-state index contributed by atoms with van der Waals surface area (Å²) < 4.78 is 17.6. The molecule has 1 unspecified atom stereocenters. The monoisotopic (exact) mass is 699 g/mol. The molecule has 0 radical (unpaired) electrons. The lowest BCUT2D eigenvalue weighted by Crippen LogP contribution is -2.53. The number of halogens is 1. The minimum absolute atomic E-state index is 0.0346. The molecular formula is C38H46FN7O3S. The third-order valence-corrected chi connectivity index (χ3v) is 11.9. The third-order valence-electron chi connectivity index (χ3n) is 10.5. The van der Waals surface area contributed by atoms with E-state index >= 15 is 4.39 Å². The van der Waals surface area contributed by atoms with E-state index < -0.39 is 10.6 Å². The van der Waals surface area contributed by atoms with Crippen molar-refractivity contribution >= 4 is 40.4 Å². The number of imidazole rings is 1. The normalized spacial score (nSPS) is 21.0. The van der Waals surface area contributed by atoms with Crippen molar-refractivity contribution < 1.29 is 14.0 Å². The van der Waals surface area contributed by atoms with Gasteiger partial charge in [-0.1, -0.05) is 42.5 Å². The van der Waals surface area contributed by atoms with Gasteiger partial charge in [0.25, 0.3) is 0 Å². The van der Waals surface area contributed by atoms with Crippen molar-refractivity contribution in [3.8, 4) is 0 Å². The molecule has 0 aliphatic carbocycles. The molecule has 5 heterocycles. The molecule has 2 atom stereocenters. The molecular weight excluding hydrogens is 654 g/mol. The molecule has 264 valence electrons. The van der Waals surface area contributed by atoms with Gasteiger partial charge < -0.3 is 14.7 Å². The zero-order chi connectivity index (χ0) is 35.0. The number of aromatic amines is 1. The summed E-state index contributed by atoms with van der Waals surface area (Å²) in [4.78, 5) is 56.1. The highest BCUT2D eigenvalue weighted by Crippen LogP contribution is 2.48. The Balaban J connectivity index is 1.08. The number of pyridine rings is 1. The first-order valence-corrected chi connectivity index (χ1v) is 18.6. The van der Waals surface area contributed by atoms with Crippen molar-refractivity contribution in [3.05, 3.63) is 94.3 Å². The molecule has 4 aromatic rings. The summed E-state index contributed by atoms with van der Waals surface area (Å²) in [7, 11) is 0. The first-order valence-electron chi connectivity index (χ1n) is 17.7. The highest BCUT2D eigenvalue weighted by molar-refractivity contribution is 8.01. The van der Waals surface area contributed by atoms with E-state index in [4.69, 9.17) is 0 Å². The molecule has 3 fully saturated rings. The number of likely N-dealkylation sites (tertiary alicyclic amines) is 1. The van der Waals surface area contributed by atoms with Crippen molar-refractivity contribution in [2.45, 2.75) is 68.7 Å². The minimum Gasteiger partial charge on any atom is -0.366 e. The number of thioether (sulfide) groups is 1. The van der Waals surface area contributed by atoms with E-state index in [1.54, 1.807) is 16.8 Å². The number of rotatable bonds is 8. The molecule has 3 aliphatic rings. The van der Waals surface area contributed by atoms with Crippen LogP contribution in [-0.4, -0.2) is 97.7 Å². The van der Waals surface area contributed by atoms with Gasteiger partial charge >= 0.3 is 5.69 Å². The Kier molecular flexibility index (Phi) is 9.76. The van der Waals surface area contributed by atoms with Crippen LogP contribution in [0.4, 0.5) is 10.1 Å². The van der Waals surface area contributed by atoms with Gasteiger partial charge in [-0.3, -0.25) is 24.0 Å². The Morgan fingerprint density at radius 3 is 2.40 bits per heavy atom. The lowest BCUT2D eigenvalue weighted by molar-refractivity contribution is -0.136. The third kappa shape index (κ3) is 6.92. The van der Waals surface area contributed by atoms with Crippen LogP contribution in [0.25, 0.3) is 11.2 Å². The topological polar surface area (TPSA) is 97.8 Å². The number of piperazine rings is 1. The largest absolute Gasteiger partial charge is 0.366 e. The lowest BCUT2D eigenvalue weighted by Gasteiger charge is -2.43. The molecule has 2 amide bonds. The standard InChI is InChI=1S/C38H46FN7O3S/c1-38(2,3)44-23-21-43(22-24-44)33-28(11-7-12-29(33)39)36-45(20-14-26-9-5-4-6-10-26)35(48)31(50-36)25-32(47)42-18-15-27(16-19-42)46-30-13-8-17-40-34(30)41-37(46)49/h4-13,17,27,31,36H,14-16,18-25H2,1-3H3,(H,40,41,49)/t31-,36?/m0/s1. The molecule has 10 nitrogen and oxygen atoms in total. The van der Waals surface area contributed by atoms with Gasteiger partial charge in [0.2, 0.25) is 11.8 Å². The minimum atomic E-state index is -0.572. The summed E-state index contributed by atoms with van der Waals surface area (Å²) in [5.74, 6) is -0.427. The van der Waals surface area contributed by atoms with Crippen LogP contribution in [0.3, 0.4) is 0 Å². The van der Waals surface area contributed by atoms with E-state index in [2.05, 4.69) is 52.7 Å². The highest BCUT2D eigenvalue weighted by Gasteiger charge is 2.44. The van der Waals surface area contributed by atoms with Crippen LogP contribution < -0.4 is 10.6 Å². The van der Waals surface area contributed by atoms with Crippen LogP contribution in [0.15, 0.2) is 71.7 Å². The van der Waals surface area contributed by atoms with Gasteiger partial charge in [-0.25, -0.2) is 14.2 Å². The van der Waals surface area contributed by atoms with E-state index in [0.29, 0.717) is 63.3 Å². The van der Waals surface area contributed by atoms with Crippen molar-refractivity contribution in [2.75, 3.05) is 50.7 Å². The number of hydrogen-bond acceptors (Lipinski definition) is 7. The zero-order valence-electron chi connectivity index (χ0n) is 29.1. The lowest BCUT2D eigenvalue weighted by atomic mass is 10.0. The number of benzene rings is 2. The Labute approximate surface area is 296 Å². The number of piperidine rings is 1. The predicted molar refractivity (Wildman–Crippen MR) is 196 cm³/mol. The second kappa shape index (κ2) is 14.2. The number of anilines is 1. The Morgan fingerprint density at radius 1 is 0.940 bits per heavy atom. The van der Waals surface area contributed by atoms with Gasteiger partial charge in [0.15, 0.2) is 5.65 Å². The van der Waals surface area contributed by atoms with Crippen LogP contribution >= 0.6 is 11.8 Å². The maximum Gasteiger partial charge on any atom is 0.327 e. The zero-order valence-corrected chi connectivity index (χ0v) is 29.9. The Hall–Kier alpha value is -4.16. The number of hydrogen-bond donors (Lipinski definition) is 1. The van der Waals surface area contributed by atoms with E-state index in [0.717, 1.165) is 29.7 Å². The fraction of sp³-hybridized carbons (Fsp3) is 0.474. The summed E-state index contributed by atoms with van der Waals surface area (Å²) in [6.07, 6.45) is 3.68. The van der Waals surface area contributed by atoms with Gasteiger partial charge in [0, 0.05) is 75.6 Å². The van der Waals surface area contributed by atoms with E-state index in [-0.39, 0.29) is 41.3 Å². The average molecular weight is 700 g/mol. The van der Waals surface area contributed by atoms with Crippen molar-refractivity contribution in [2.24, 2.45) is 0 Å². The SMILES string of the molecule is CC(C)(C)N1CCN(c2c(F)cccc2C2S[C@@H](CC(=O)N3CCC(n4c(=O)[nH]c5ncccc54)CC3)C(=O)N2CCc2ccccc2)CC1. The number of nitrogens with zero attached hydrogens (tertiary/aromatic N) is 6. The fourth-order valence-corrected chi connectivity index (χ4v) is 9.23. The summed E-state index contributed by atoms with van der Waals surface area (Å²) >= 11 is 1.47. The van der Waals surface area contributed by atoms with Crippen molar-refractivity contribution in [3.63, 3.8) is 0 Å².